The first-order valence-corrected chi connectivity index (χ1v) is 28.9. The number of nitrogens with zero attached hydrogens (tertiary/aromatic N) is 2. The summed E-state index contributed by atoms with van der Waals surface area (Å²) in [5, 5.41) is 78.7. The molecule has 10 amide bonds. The van der Waals surface area contributed by atoms with Gasteiger partial charge in [-0.05, 0) is 84.3 Å². The van der Waals surface area contributed by atoms with Crippen LogP contribution in [0, 0.1) is 0 Å². The summed E-state index contributed by atoms with van der Waals surface area (Å²) < 4.78 is 0. The van der Waals surface area contributed by atoms with Crippen molar-refractivity contribution < 1.29 is 88.2 Å². The summed E-state index contributed by atoms with van der Waals surface area (Å²) in [6.45, 7) is -1.54. The number of aliphatic hydroxyl groups excluding tert-OH is 1. The summed E-state index contributed by atoms with van der Waals surface area (Å²) in [7, 11) is 0. The van der Waals surface area contributed by atoms with E-state index in [0.29, 0.717) is 28.7 Å². The van der Waals surface area contributed by atoms with Gasteiger partial charge in [-0.1, -0.05) is 66.7 Å². The standard InChI is InChI=1S/C60H76N14O18/c61-39(8-4-22-65-60(63)64)51(83)66-30-49(80)67-46(31-75)56(88)72-44(27-35-14-20-38(78)21-15-35)58(90)74-23-5-9-47(74)57(89)71-42(26-34-12-18-37(77)19-13-34)53(85)70-43(28-48(62)79)55(87)69-41(25-33-10-16-36(76)17-11-33)52(84)68-40(24-32-6-2-1-3-7-32)54(86)73-45(59(91)92)29-50(81)82/h1-3,6-7,10-21,39-47,75-78H,4-5,8-9,22-31,61H2,(H2,62,79)(H,66,83)(H,67,80)(H,68,84)(H,69,87)(H,70,85)(H,71,89)(H,72,88)(H,73,86)(H,81,82)(H,91,92)(H4,63,64,65)/t39-,40-,41-,42-,43-,44-,45-,46-,47-/m0/s1. The van der Waals surface area contributed by atoms with Gasteiger partial charge in [0.25, 0.3) is 0 Å². The second kappa shape index (κ2) is 35.3. The highest BCUT2D eigenvalue weighted by atomic mass is 16.4. The van der Waals surface area contributed by atoms with E-state index < -0.39 is 151 Å². The van der Waals surface area contributed by atoms with Gasteiger partial charge in [0.1, 0.15) is 65.6 Å². The number of amides is 10. The van der Waals surface area contributed by atoms with Crippen molar-refractivity contribution >= 4 is 77.0 Å². The van der Waals surface area contributed by atoms with E-state index in [1.54, 1.807) is 30.3 Å². The van der Waals surface area contributed by atoms with E-state index >= 15 is 0 Å². The smallest absolute Gasteiger partial charge is 0.326 e. The van der Waals surface area contributed by atoms with Crippen molar-refractivity contribution in [3.05, 3.63) is 125 Å². The minimum Gasteiger partial charge on any atom is -0.508 e. The van der Waals surface area contributed by atoms with Crippen LogP contribution < -0.4 is 65.5 Å². The van der Waals surface area contributed by atoms with Crippen molar-refractivity contribution in [3.8, 4) is 17.2 Å². The highest BCUT2D eigenvalue weighted by Crippen LogP contribution is 2.22. The number of phenolic OH excluding ortho intramolecular Hbond substituents is 3. The molecule has 1 fully saturated rings. The number of nitrogens with one attached hydrogen (secondary N) is 8. The van der Waals surface area contributed by atoms with Crippen molar-refractivity contribution in [1.29, 1.82) is 0 Å². The third-order valence-corrected chi connectivity index (χ3v) is 14.4. The van der Waals surface area contributed by atoms with Crippen LogP contribution in [-0.4, -0.2) is 193 Å². The van der Waals surface area contributed by atoms with Gasteiger partial charge in [-0.2, -0.15) is 0 Å². The Morgan fingerprint density at radius 3 is 1.42 bits per heavy atom. The first-order valence-electron chi connectivity index (χ1n) is 28.9. The lowest BCUT2D eigenvalue weighted by molar-refractivity contribution is -0.147. The van der Waals surface area contributed by atoms with Crippen LogP contribution in [-0.2, 0) is 83.2 Å². The van der Waals surface area contributed by atoms with Crippen molar-refractivity contribution in [2.75, 3.05) is 26.2 Å². The van der Waals surface area contributed by atoms with Gasteiger partial charge >= 0.3 is 11.9 Å². The predicted molar refractivity (Wildman–Crippen MR) is 326 cm³/mol. The first kappa shape index (κ1) is 71.9. The van der Waals surface area contributed by atoms with Crippen LogP contribution in [0.3, 0.4) is 0 Å². The minimum absolute atomic E-state index is 0.000500. The number of primary amides is 1. The van der Waals surface area contributed by atoms with E-state index in [1.165, 1.54) is 72.8 Å². The Labute approximate surface area is 526 Å². The monoisotopic (exact) mass is 1280 g/mol. The first-order chi connectivity index (χ1) is 43.7. The van der Waals surface area contributed by atoms with Gasteiger partial charge in [0, 0.05) is 38.8 Å². The Bertz CT molecular complexity index is 3280. The van der Waals surface area contributed by atoms with Crippen molar-refractivity contribution in [1.82, 2.24) is 47.4 Å². The fourth-order valence-corrected chi connectivity index (χ4v) is 9.59. The van der Waals surface area contributed by atoms with E-state index in [-0.39, 0.29) is 81.2 Å². The minimum atomic E-state index is -1.93. The largest absolute Gasteiger partial charge is 0.508 e. The molecule has 1 saturated heterocycles. The number of likely N-dealkylation sites (tertiary alicyclic amines) is 1. The number of benzene rings is 4. The number of rotatable bonds is 35. The number of hydrogen-bond acceptors (Lipinski definition) is 18. The quantitative estimate of drug-likeness (QED) is 0.0117. The SMILES string of the molecule is NC(=O)C[C@H](NC(=O)[C@H](Cc1ccc(O)cc1)NC(=O)[C@@H]1CCCN1C(=O)[C@H](Cc1ccc(O)cc1)NC(=O)[C@H](CO)NC(=O)CNC(=O)[C@@H](N)CCCN=C(N)N)C(=O)N[C@@H](Cc1ccc(O)cc1)C(=O)N[C@@H](Cc1ccccc1)C(=O)N[C@@H](CC(=O)O)C(=O)O. The fourth-order valence-electron chi connectivity index (χ4n) is 9.59. The van der Waals surface area contributed by atoms with Gasteiger partial charge < -0.3 is 101 Å². The molecule has 4 aromatic carbocycles. The lowest BCUT2D eigenvalue weighted by Crippen LogP contribution is -2.61. The molecule has 4 aromatic rings. The molecule has 22 N–H and O–H groups in total. The van der Waals surface area contributed by atoms with Gasteiger partial charge in [-0.3, -0.25) is 57.7 Å². The third kappa shape index (κ3) is 23.6. The molecule has 0 aliphatic carbocycles. The van der Waals surface area contributed by atoms with Crippen LogP contribution in [0.15, 0.2) is 108 Å². The molecule has 494 valence electrons. The van der Waals surface area contributed by atoms with Crippen LogP contribution in [0.2, 0.25) is 0 Å². The number of carboxylic acid groups (broad SMARTS) is 2. The molecule has 0 bridgehead atoms. The van der Waals surface area contributed by atoms with E-state index in [9.17, 15) is 88.2 Å². The number of aliphatic carboxylic acids is 2. The lowest BCUT2D eigenvalue weighted by atomic mass is 10.0. The van der Waals surface area contributed by atoms with E-state index in [1.807, 2.05) is 0 Å². The molecular formula is C60H76N14O18. The van der Waals surface area contributed by atoms with Crippen LogP contribution in [0.5, 0.6) is 17.2 Å². The Hall–Kier alpha value is -10.9. The Morgan fingerprint density at radius 1 is 0.522 bits per heavy atom. The molecule has 0 aromatic heterocycles. The van der Waals surface area contributed by atoms with Crippen LogP contribution in [0.4, 0.5) is 0 Å². The van der Waals surface area contributed by atoms with Crippen molar-refractivity contribution in [2.45, 2.75) is 119 Å². The summed E-state index contributed by atoms with van der Waals surface area (Å²) in [5.41, 5.74) is 23.6. The topological polar surface area (TPSA) is 542 Å². The second-order valence-corrected chi connectivity index (χ2v) is 21.5. The molecule has 0 unspecified atom stereocenters. The number of carboxylic acids is 2. The predicted octanol–water partition coefficient (Wildman–Crippen LogP) is -4.62. The van der Waals surface area contributed by atoms with Crippen LogP contribution >= 0.6 is 0 Å². The average molecular weight is 1280 g/mol. The molecule has 32 heteroatoms. The number of carbonyl (C=O) groups is 12. The van der Waals surface area contributed by atoms with Gasteiger partial charge in [-0.25, -0.2) is 4.79 Å². The summed E-state index contributed by atoms with van der Waals surface area (Å²) in [6, 6.07) is 9.90. The highest BCUT2D eigenvalue weighted by molar-refractivity contribution is 6.00. The maximum atomic E-state index is 14.7. The molecular weight excluding hydrogens is 1200 g/mol. The zero-order valence-electron chi connectivity index (χ0n) is 49.7. The number of carbonyl (C=O) groups excluding carboxylic acids is 10. The Kier molecular flexibility index (Phi) is 27.6. The molecule has 32 nitrogen and oxygen atoms in total. The lowest BCUT2D eigenvalue weighted by Gasteiger charge is -2.31. The number of nitrogens with two attached hydrogens (primary N) is 4. The van der Waals surface area contributed by atoms with Crippen molar-refractivity contribution in [2.24, 2.45) is 27.9 Å². The number of aromatic hydroxyl groups is 3. The van der Waals surface area contributed by atoms with Crippen LogP contribution in [0.25, 0.3) is 0 Å². The molecule has 5 rings (SSSR count). The third-order valence-electron chi connectivity index (χ3n) is 14.4. The number of guanidine groups is 1. The van der Waals surface area contributed by atoms with E-state index in [4.69, 9.17) is 22.9 Å². The summed E-state index contributed by atoms with van der Waals surface area (Å²) >= 11 is 0. The fraction of sp³-hybridized carbons (Fsp3) is 0.383. The number of aliphatic hydroxyl groups is 1. The zero-order valence-corrected chi connectivity index (χ0v) is 49.7. The molecule has 0 radical (unpaired) electrons. The Morgan fingerprint density at radius 2 is 0.957 bits per heavy atom. The zero-order chi connectivity index (χ0) is 67.6. The molecule has 1 aliphatic heterocycles. The van der Waals surface area contributed by atoms with Crippen molar-refractivity contribution in [3.63, 3.8) is 0 Å². The summed E-state index contributed by atoms with van der Waals surface area (Å²) in [4.78, 5) is 167. The number of hydrogen-bond donors (Lipinski definition) is 18. The van der Waals surface area contributed by atoms with Gasteiger partial charge in [-0.15, -0.1) is 0 Å². The van der Waals surface area contributed by atoms with Gasteiger partial charge in [0.2, 0.25) is 59.1 Å². The second-order valence-electron chi connectivity index (χ2n) is 21.5. The molecule has 0 spiro atoms. The van der Waals surface area contributed by atoms with E-state index in [2.05, 4.69) is 47.5 Å². The number of phenols is 3. The molecule has 0 saturated carbocycles. The highest BCUT2D eigenvalue weighted by Gasteiger charge is 2.41. The maximum Gasteiger partial charge on any atom is 0.326 e. The normalized spacial score (nSPS) is 15.2. The summed E-state index contributed by atoms with van der Waals surface area (Å²) in [6.07, 6.45) is -2.54. The average Bonchev–Trinajstić information content (AvgIpc) is 1.59. The maximum absolute atomic E-state index is 14.7. The molecule has 9 atom stereocenters. The number of aliphatic imine (C=N–C) groups is 1. The van der Waals surface area contributed by atoms with E-state index in [0.717, 1.165) is 4.90 Å². The Balaban J connectivity index is 1.39. The molecule has 1 aliphatic rings. The van der Waals surface area contributed by atoms with Crippen LogP contribution in [0.1, 0.15) is 60.8 Å². The van der Waals surface area contributed by atoms with Gasteiger partial charge in [0.05, 0.1) is 32.0 Å². The molecule has 92 heavy (non-hydrogen) atoms. The van der Waals surface area contributed by atoms with Gasteiger partial charge in [0.15, 0.2) is 5.96 Å². The summed E-state index contributed by atoms with van der Waals surface area (Å²) in [5.74, 6) is -14.0. The molecule has 1 heterocycles.